The van der Waals surface area contributed by atoms with Crippen LogP contribution in [-0.2, 0) is 4.84 Å². The van der Waals surface area contributed by atoms with Crippen LogP contribution < -0.4 is 5.48 Å². The van der Waals surface area contributed by atoms with E-state index in [1.165, 1.54) is 0 Å². The van der Waals surface area contributed by atoms with Gasteiger partial charge in [-0.3, -0.25) is 4.84 Å². The molecule has 1 N–H and O–H groups in total. The summed E-state index contributed by atoms with van der Waals surface area (Å²) in [7, 11) is 1.72. The second-order valence-electron chi connectivity index (χ2n) is 5.21. The first-order valence-electron chi connectivity index (χ1n) is 5.68. The van der Waals surface area contributed by atoms with E-state index in [1.807, 2.05) is 20.8 Å². The number of nitriles is 1. The molecule has 1 aliphatic heterocycles. The van der Waals surface area contributed by atoms with Gasteiger partial charge in [-0.1, -0.05) is 0 Å². The minimum Gasteiger partial charge on any atom is -0.321 e. The van der Waals surface area contributed by atoms with Gasteiger partial charge in [0, 0.05) is 19.1 Å². The van der Waals surface area contributed by atoms with E-state index in [0.29, 0.717) is 13.1 Å². The molecule has 0 aromatic heterocycles. The fraction of sp³-hybridized carbons (Fsp3) is 0.818. The highest BCUT2D eigenvalue weighted by molar-refractivity contribution is 5.73. The number of urea groups is 1. The molecule has 0 bridgehead atoms. The van der Waals surface area contributed by atoms with Gasteiger partial charge >= 0.3 is 6.03 Å². The fourth-order valence-electron chi connectivity index (χ4n) is 1.42. The molecule has 1 saturated heterocycles. The highest BCUT2D eigenvalue weighted by atomic mass is 16.7. The maximum absolute atomic E-state index is 11.7. The Morgan fingerprint density at radius 1 is 1.59 bits per heavy atom. The molecule has 6 heteroatoms. The van der Waals surface area contributed by atoms with Gasteiger partial charge in [-0.2, -0.15) is 5.26 Å². The normalized spacial score (nSPS) is 19.9. The average Bonchev–Trinajstić information content (AvgIpc) is 2.71. The second-order valence-corrected chi connectivity index (χ2v) is 5.21. The topological polar surface area (TPSA) is 68.6 Å². The largest absolute Gasteiger partial charge is 0.341 e. The van der Waals surface area contributed by atoms with Gasteiger partial charge in [-0.15, -0.1) is 0 Å². The fourth-order valence-corrected chi connectivity index (χ4v) is 1.42. The molecule has 96 valence electrons. The molecule has 1 atom stereocenters. The van der Waals surface area contributed by atoms with E-state index < -0.39 is 0 Å². The Kier molecular flexibility index (Phi) is 4.18. The third kappa shape index (κ3) is 3.79. The first-order valence-corrected chi connectivity index (χ1v) is 5.68. The number of likely N-dealkylation sites (tertiary alicyclic amines) is 1. The molecule has 6 nitrogen and oxygen atoms in total. The Hall–Kier alpha value is -1.48. The summed E-state index contributed by atoms with van der Waals surface area (Å²) in [6.45, 7) is 7.06. The van der Waals surface area contributed by atoms with E-state index in [1.54, 1.807) is 16.8 Å². The SMILES string of the molecule is CN(C(=O)NO[C@@H]1CCN(C#N)C1)C(C)(C)C. The summed E-state index contributed by atoms with van der Waals surface area (Å²) in [5, 5.41) is 8.68. The van der Waals surface area contributed by atoms with Crippen LogP contribution in [0.15, 0.2) is 0 Å². The van der Waals surface area contributed by atoms with Gasteiger partial charge in [0.05, 0.1) is 6.54 Å². The molecular weight excluding hydrogens is 220 g/mol. The minimum absolute atomic E-state index is 0.105. The maximum atomic E-state index is 11.7. The zero-order chi connectivity index (χ0) is 13.1. The molecule has 0 saturated carbocycles. The quantitative estimate of drug-likeness (QED) is 0.575. The number of rotatable bonds is 2. The molecule has 2 amide bonds. The van der Waals surface area contributed by atoms with Crippen molar-refractivity contribution < 1.29 is 9.63 Å². The monoisotopic (exact) mass is 240 g/mol. The van der Waals surface area contributed by atoms with Gasteiger partial charge in [0.1, 0.15) is 6.10 Å². The summed E-state index contributed by atoms with van der Waals surface area (Å²) >= 11 is 0. The van der Waals surface area contributed by atoms with Crippen LogP contribution in [0.25, 0.3) is 0 Å². The van der Waals surface area contributed by atoms with Gasteiger partial charge in [-0.25, -0.2) is 10.3 Å². The summed E-state index contributed by atoms with van der Waals surface area (Å²) in [6, 6.07) is -0.270. The molecule has 0 aromatic rings. The van der Waals surface area contributed by atoms with E-state index in [-0.39, 0.29) is 17.7 Å². The lowest BCUT2D eigenvalue weighted by atomic mass is 10.1. The van der Waals surface area contributed by atoms with Crippen LogP contribution in [-0.4, -0.2) is 47.6 Å². The molecule has 17 heavy (non-hydrogen) atoms. The number of nitrogens with zero attached hydrogens (tertiary/aromatic N) is 3. The molecule has 1 heterocycles. The number of carbonyl (C=O) groups is 1. The van der Waals surface area contributed by atoms with Crippen LogP contribution in [0.1, 0.15) is 27.2 Å². The minimum atomic E-state index is -0.270. The van der Waals surface area contributed by atoms with Crippen molar-refractivity contribution in [3.05, 3.63) is 0 Å². The van der Waals surface area contributed by atoms with Gasteiger partial charge < -0.3 is 9.80 Å². The van der Waals surface area contributed by atoms with Crippen molar-refractivity contribution in [1.82, 2.24) is 15.3 Å². The van der Waals surface area contributed by atoms with Crippen molar-refractivity contribution in [2.45, 2.75) is 38.8 Å². The van der Waals surface area contributed by atoms with Crippen LogP contribution >= 0.6 is 0 Å². The van der Waals surface area contributed by atoms with Crippen molar-refractivity contribution in [2.24, 2.45) is 0 Å². The van der Waals surface area contributed by atoms with Crippen molar-refractivity contribution >= 4 is 6.03 Å². The zero-order valence-corrected chi connectivity index (χ0v) is 10.9. The molecule has 0 spiro atoms. The third-order valence-corrected chi connectivity index (χ3v) is 2.91. The lowest BCUT2D eigenvalue weighted by Crippen LogP contribution is -2.48. The standard InChI is InChI=1S/C11H20N4O2/c1-11(2,3)14(4)10(16)13-17-9-5-6-15(7-9)8-12/h9H,5-7H2,1-4H3,(H,13,16)/t9-/m1/s1. The van der Waals surface area contributed by atoms with Gasteiger partial charge in [-0.05, 0) is 27.2 Å². The number of hydrogen-bond donors (Lipinski definition) is 1. The molecular formula is C11H20N4O2. The Bertz CT molecular complexity index is 318. The third-order valence-electron chi connectivity index (χ3n) is 2.91. The van der Waals surface area contributed by atoms with Crippen molar-refractivity contribution in [3.8, 4) is 6.19 Å². The molecule has 0 aliphatic carbocycles. The molecule has 0 aromatic carbocycles. The first kappa shape index (κ1) is 13.6. The lowest BCUT2D eigenvalue weighted by molar-refractivity contribution is -0.00823. The van der Waals surface area contributed by atoms with Crippen molar-refractivity contribution in [3.63, 3.8) is 0 Å². The lowest BCUT2D eigenvalue weighted by Gasteiger charge is -2.31. The molecule has 1 fully saturated rings. The predicted molar refractivity (Wildman–Crippen MR) is 62.7 cm³/mol. The van der Waals surface area contributed by atoms with E-state index in [0.717, 1.165) is 6.42 Å². The Labute approximate surface area is 102 Å². The number of carbonyl (C=O) groups excluding carboxylic acids is 1. The van der Waals surface area contributed by atoms with Crippen molar-refractivity contribution in [1.29, 1.82) is 5.26 Å². The smallest absolute Gasteiger partial charge is 0.321 e. The molecule has 0 radical (unpaired) electrons. The summed E-state index contributed by atoms with van der Waals surface area (Å²) in [4.78, 5) is 20.2. The molecule has 1 aliphatic rings. The summed E-state index contributed by atoms with van der Waals surface area (Å²) in [5.41, 5.74) is 2.18. The number of nitrogens with one attached hydrogen (secondary N) is 1. The average molecular weight is 240 g/mol. The summed E-state index contributed by atoms with van der Waals surface area (Å²) in [5.74, 6) is 0. The van der Waals surface area contributed by atoms with Gasteiger partial charge in [0.15, 0.2) is 6.19 Å². The van der Waals surface area contributed by atoms with E-state index in [9.17, 15) is 4.79 Å². The van der Waals surface area contributed by atoms with Crippen LogP contribution in [0, 0.1) is 11.5 Å². The zero-order valence-electron chi connectivity index (χ0n) is 10.9. The van der Waals surface area contributed by atoms with Gasteiger partial charge in [0.25, 0.3) is 0 Å². The van der Waals surface area contributed by atoms with Crippen LogP contribution in [0.2, 0.25) is 0 Å². The predicted octanol–water partition coefficient (Wildman–Crippen LogP) is 0.913. The van der Waals surface area contributed by atoms with Crippen molar-refractivity contribution in [2.75, 3.05) is 20.1 Å². The van der Waals surface area contributed by atoms with Crippen LogP contribution in [0.5, 0.6) is 0 Å². The molecule has 1 rings (SSSR count). The van der Waals surface area contributed by atoms with E-state index in [4.69, 9.17) is 10.1 Å². The number of amides is 2. The Morgan fingerprint density at radius 2 is 2.24 bits per heavy atom. The van der Waals surface area contributed by atoms with Crippen LogP contribution in [0.3, 0.4) is 0 Å². The number of hydroxylamine groups is 1. The van der Waals surface area contributed by atoms with Gasteiger partial charge in [0.2, 0.25) is 0 Å². The van der Waals surface area contributed by atoms with E-state index >= 15 is 0 Å². The highest BCUT2D eigenvalue weighted by Gasteiger charge is 2.26. The second kappa shape index (κ2) is 5.23. The highest BCUT2D eigenvalue weighted by Crippen LogP contribution is 2.12. The summed E-state index contributed by atoms with van der Waals surface area (Å²) < 4.78 is 0. The Morgan fingerprint density at radius 3 is 2.71 bits per heavy atom. The summed E-state index contributed by atoms with van der Waals surface area (Å²) in [6.07, 6.45) is 2.71. The maximum Gasteiger partial charge on any atom is 0.341 e. The van der Waals surface area contributed by atoms with E-state index in [2.05, 4.69) is 11.7 Å². The molecule has 0 unspecified atom stereocenters. The van der Waals surface area contributed by atoms with Crippen LogP contribution in [0.4, 0.5) is 4.79 Å². The Balaban J connectivity index is 2.33. The number of hydrogen-bond acceptors (Lipinski definition) is 4. The first-order chi connectivity index (χ1) is 7.84.